The minimum Gasteiger partial charge on any atom is -0.391 e. The van der Waals surface area contributed by atoms with Crippen molar-refractivity contribution < 1.29 is 9.90 Å². The van der Waals surface area contributed by atoms with Crippen LogP contribution in [-0.4, -0.2) is 40.1 Å². The number of H-pyrrole nitrogens is 1. The number of carbonyl (C=O) groups excluding carboxylic acids is 1. The minimum atomic E-state index is -0.501. The van der Waals surface area contributed by atoms with Crippen molar-refractivity contribution in [2.75, 3.05) is 13.1 Å². The average Bonchev–Trinajstić information content (AvgIpc) is 2.48. The SMILES string of the molecule is CC1CCN(C(=O)c2cc3c([nH]c2=O)CCCC3)CC1O. The Morgan fingerprint density at radius 2 is 2.14 bits per heavy atom. The minimum absolute atomic E-state index is 0.205. The summed E-state index contributed by atoms with van der Waals surface area (Å²) >= 11 is 0. The van der Waals surface area contributed by atoms with Crippen LogP contribution in [-0.2, 0) is 12.8 Å². The lowest BCUT2D eigenvalue weighted by Crippen LogP contribution is -2.47. The first-order valence-electron chi connectivity index (χ1n) is 7.78. The number of hydrogen-bond donors (Lipinski definition) is 2. The van der Waals surface area contributed by atoms with Crippen molar-refractivity contribution in [3.8, 4) is 0 Å². The number of aromatic amines is 1. The Morgan fingerprint density at radius 3 is 2.90 bits per heavy atom. The largest absolute Gasteiger partial charge is 0.391 e. The normalized spacial score (nSPS) is 25.5. The lowest BCUT2D eigenvalue weighted by molar-refractivity contribution is 0.0247. The van der Waals surface area contributed by atoms with Gasteiger partial charge < -0.3 is 15.0 Å². The van der Waals surface area contributed by atoms with Crippen molar-refractivity contribution >= 4 is 5.91 Å². The van der Waals surface area contributed by atoms with Crippen LogP contribution in [0, 0.1) is 5.92 Å². The van der Waals surface area contributed by atoms with Crippen LogP contribution in [0.1, 0.15) is 47.8 Å². The number of carbonyl (C=O) groups is 1. The molecular formula is C16H22N2O3. The van der Waals surface area contributed by atoms with Crippen molar-refractivity contribution in [1.82, 2.24) is 9.88 Å². The second kappa shape index (κ2) is 5.64. The number of fused-ring (bicyclic) bond motifs is 1. The standard InChI is InChI=1S/C16H22N2O3/c1-10-6-7-18(9-14(10)19)16(21)12-8-11-4-2-3-5-13(11)17-15(12)20/h8,10,14,19H,2-7,9H2,1H3,(H,17,20). The molecule has 2 unspecified atom stereocenters. The van der Waals surface area contributed by atoms with Crippen molar-refractivity contribution in [2.24, 2.45) is 5.92 Å². The molecule has 21 heavy (non-hydrogen) atoms. The number of amides is 1. The first-order chi connectivity index (χ1) is 10.1. The highest BCUT2D eigenvalue weighted by Crippen LogP contribution is 2.21. The maximum absolute atomic E-state index is 12.6. The van der Waals surface area contributed by atoms with E-state index in [1.807, 2.05) is 6.92 Å². The summed E-state index contributed by atoms with van der Waals surface area (Å²) in [6.07, 6.45) is 4.28. The van der Waals surface area contributed by atoms with Crippen LogP contribution >= 0.6 is 0 Å². The fourth-order valence-corrected chi connectivity index (χ4v) is 3.24. The molecule has 3 rings (SSSR count). The van der Waals surface area contributed by atoms with E-state index in [2.05, 4.69) is 4.98 Å². The highest BCUT2D eigenvalue weighted by atomic mass is 16.3. The number of hydrogen-bond acceptors (Lipinski definition) is 3. The average molecular weight is 290 g/mol. The number of aryl methyl sites for hydroxylation is 2. The molecule has 5 nitrogen and oxygen atoms in total. The van der Waals surface area contributed by atoms with E-state index < -0.39 is 6.10 Å². The lowest BCUT2D eigenvalue weighted by atomic mass is 9.93. The van der Waals surface area contributed by atoms with Gasteiger partial charge in [-0.05, 0) is 49.7 Å². The number of nitrogens with zero attached hydrogens (tertiary/aromatic N) is 1. The highest BCUT2D eigenvalue weighted by Gasteiger charge is 2.29. The van der Waals surface area contributed by atoms with Gasteiger partial charge >= 0.3 is 0 Å². The summed E-state index contributed by atoms with van der Waals surface area (Å²) in [5.41, 5.74) is 2.00. The van der Waals surface area contributed by atoms with Crippen LogP contribution < -0.4 is 5.56 Å². The topological polar surface area (TPSA) is 73.4 Å². The van der Waals surface area contributed by atoms with Gasteiger partial charge in [-0.1, -0.05) is 6.92 Å². The summed E-state index contributed by atoms with van der Waals surface area (Å²) in [7, 11) is 0. The first-order valence-corrected chi connectivity index (χ1v) is 7.78. The molecule has 114 valence electrons. The van der Waals surface area contributed by atoms with E-state index in [1.54, 1.807) is 11.0 Å². The molecule has 0 spiro atoms. The Labute approximate surface area is 124 Å². The molecule has 0 radical (unpaired) electrons. The van der Waals surface area contributed by atoms with Crippen LogP contribution in [0.4, 0.5) is 0 Å². The summed E-state index contributed by atoms with van der Waals surface area (Å²) in [5, 5.41) is 9.93. The number of aromatic nitrogens is 1. The smallest absolute Gasteiger partial charge is 0.261 e. The summed E-state index contributed by atoms with van der Waals surface area (Å²) < 4.78 is 0. The van der Waals surface area contributed by atoms with Gasteiger partial charge in [0.25, 0.3) is 11.5 Å². The molecule has 2 atom stereocenters. The Bertz CT molecular complexity index is 608. The van der Waals surface area contributed by atoms with Crippen LogP contribution in [0.3, 0.4) is 0 Å². The quantitative estimate of drug-likeness (QED) is 0.813. The van der Waals surface area contributed by atoms with Crippen LogP contribution in [0.25, 0.3) is 0 Å². The van der Waals surface area contributed by atoms with Gasteiger partial charge in [0.1, 0.15) is 5.56 Å². The molecule has 1 saturated heterocycles. The van der Waals surface area contributed by atoms with Gasteiger partial charge in [-0.25, -0.2) is 0 Å². The van der Waals surface area contributed by atoms with Crippen LogP contribution in [0.2, 0.25) is 0 Å². The number of piperidine rings is 1. The summed E-state index contributed by atoms with van der Waals surface area (Å²) in [5.74, 6) is -0.0496. The lowest BCUT2D eigenvalue weighted by Gasteiger charge is -2.34. The molecule has 1 amide bonds. The zero-order valence-corrected chi connectivity index (χ0v) is 12.4. The molecule has 2 N–H and O–H groups in total. The Kier molecular flexibility index (Phi) is 3.85. The van der Waals surface area contributed by atoms with Crippen molar-refractivity contribution in [2.45, 2.75) is 45.1 Å². The highest BCUT2D eigenvalue weighted by molar-refractivity contribution is 5.94. The van der Waals surface area contributed by atoms with Crippen LogP contribution in [0.15, 0.2) is 10.9 Å². The fraction of sp³-hybridized carbons (Fsp3) is 0.625. The van der Waals surface area contributed by atoms with Gasteiger partial charge in [0.05, 0.1) is 6.10 Å². The number of nitrogens with one attached hydrogen (secondary N) is 1. The van der Waals surface area contributed by atoms with E-state index in [0.29, 0.717) is 13.1 Å². The maximum Gasteiger partial charge on any atom is 0.261 e. The van der Waals surface area contributed by atoms with Gasteiger partial charge in [0, 0.05) is 18.8 Å². The van der Waals surface area contributed by atoms with Gasteiger partial charge in [0.2, 0.25) is 0 Å². The monoisotopic (exact) mass is 290 g/mol. The molecule has 2 heterocycles. The summed E-state index contributed by atoms with van der Waals surface area (Å²) in [4.78, 5) is 29.2. The van der Waals surface area contributed by atoms with Gasteiger partial charge in [0.15, 0.2) is 0 Å². The van der Waals surface area contributed by atoms with E-state index in [-0.39, 0.29) is 22.9 Å². The number of aliphatic hydroxyl groups is 1. The Balaban J connectivity index is 1.86. The molecule has 0 aromatic carbocycles. The molecule has 1 aromatic heterocycles. The zero-order chi connectivity index (χ0) is 15.0. The first kappa shape index (κ1) is 14.3. The predicted molar refractivity (Wildman–Crippen MR) is 79.4 cm³/mol. The molecule has 5 heteroatoms. The Hall–Kier alpha value is -1.62. The second-order valence-electron chi connectivity index (χ2n) is 6.31. The summed E-state index contributed by atoms with van der Waals surface area (Å²) in [6, 6.07) is 1.76. The van der Waals surface area contributed by atoms with Crippen molar-refractivity contribution in [3.63, 3.8) is 0 Å². The second-order valence-corrected chi connectivity index (χ2v) is 6.31. The predicted octanol–water partition coefficient (Wildman–Crippen LogP) is 1.10. The van der Waals surface area contributed by atoms with E-state index in [0.717, 1.165) is 43.4 Å². The molecule has 0 bridgehead atoms. The Morgan fingerprint density at radius 1 is 1.38 bits per heavy atom. The number of aliphatic hydroxyl groups excluding tert-OH is 1. The third-order valence-electron chi connectivity index (χ3n) is 4.77. The molecule has 1 aromatic rings. The van der Waals surface area contributed by atoms with E-state index in [9.17, 15) is 14.7 Å². The van der Waals surface area contributed by atoms with E-state index in [4.69, 9.17) is 0 Å². The van der Waals surface area contributed by atoms with Gasteiger partial charge in [-0.2, -0.15) is 0 Å². The fourth-order valence-electron chi connectivity index (χ4n) is 3.24. The molecule has 2 aliphatic rings. The maximum atomic E-state index is 12.6. The van der Waals surface area contributed by atoms with E-state index >= 15 is 0 Å². The summed E-state index contributed by atoms with van der Waals surface area (Å²) in [6.45, 7) is 2.91. The molecule has 1 aliphatic carbocycles. The number of likely N-dealkylation sites (tertiary alicyclic amines) is 1. The third-order valence-corrected chi connectivity index (χ3v) is 4.77. The van der Waals surface area contributed by atoms with Gasteiger partial charge in [-0.15, -0.1) is 0 Å². The number of rotatable bonds is 1. The van der Waals surface area contributed by atoms with Crippen molar-refractivity contribution in [1.29, 1.82) is 0 Å². The van der Waals surface area contributed by atoms with Gasteiger partial charge in [-0.3, -0.25) is 9.59 Å². The van der Waals surface area contributed by atoms with E-state index in [1.165, 1.54) is 0 Å². The number of pyridine rings is 1. The third kappa shape index (κ3) is 2.75. The molecule has 1 fully saturated rings. The zero-order valence-electron chi connectivity index (χ0n) is 12.4. The number of β-amino-alcohol motifs (C(OH)–C–C–N with tert-alkyl or cyclic N) is 1. The molecular weight excluding hydrogens is 268 g/mol. The van der Waals surface area contributed by atoms with Crippen LogP contribution in [0.5, 0.6) is 0 Å². The molecule has 1 aliphatic heterocycles. The molecule has 0 saturated carbocycles. The van der Waals surface area contributed by atoms with Crippen molar-refractivity contribution in [3.05, 3.63) is 33.2 Å².